The average Bonchev–Trinajstić information content (AvgIpc) is 2.50. The van der Waals surface area contributed by atoms with Gasteiger partial charge in [-0.2, -0.15) is 0 Å². The monoisotopic (exact) mass is 313 g/mol. The first kappa shape index (κ1) is 21.4. The highest BCUT2D eigenvalue weighted by molar-refractivity contribution is 5.71. The van der Waals surface area contributed by atoms with Gasteiger partial charge in [0.15, 0.2) is 0 Å². The van der Waals surface area contributed by atoms with Crippen LogP contribution in [-0.4, -0.2) is 25.2 Å². The highest BCUT2D eigenvalue weighted by Crippen LogP contribution is 2.27. The number of ether oxygens (including phenoxy) is 1. The molecule has 132 valence electrons. The van der Waals surface area contributed by atoms with E-state index in [1.54, 1.807) is 0 Å². The van der Waals surface area contributed by atoms with Gasteiger partial charge in [-0.3, -0.25) is 4.79 Å². The quantitative estimate of drug-likeness (QED) is 0.364. The first-order chi connectivity index (χ1) is 10.6. The number of unbranched alkanes of at least 4 members (excludes halogenated alkanes) is 4. The summed E-state index contributed by atoms with van der Waals surface area (Å²) in [6, 6.07) is 0. The molecule has 0 fully saturated rings. The molecular weight excluding hydrogens is 274 g/mol. The standard InChI is InChI=1S/C19H39NO2/c1-6-9-11-12-14-17(13-10-7-2)19(16(4)5)22-18(21)15-20-8-3/h16-17,19-20H,6-15H2,1-5H3. The maximum atomic E-state index is 12.0. The molecule has 0 radical (unpaired) electrons. The summed E-state index contributed by atoms with van der Waals surface area (Å²) in [7, 11) is 0. The molecule has 0 amide bonds. The van der Waals surface area contributed by atoms with Gasteiger partial charge >= 0.3 is 5.97 Å². The molecule has 0 aliphatic rings. The number of carbonyl (C=O) groups excluding carboxylic acids is 1. The number of esters is 1. The van der Waals surface area contributed by atoms with Crippen LogP contribution in [0, 0.1) is 11.8 Å². The Morgan fingerprint density at radius 1 is 0.955 bits per heavy atom. The van der Waals surface area contributed by atoms with Crippen molar-refractivity contribution in [2.45, 2.75) is 92.1 Å². The fraction of sp³-hybridized carbons (Fsp3) is 0.947. The van der Waals surface area contributed by atoms with E-state index in [1.807, 2.05) is 6.92 Å². The van der Waals surface area contributed by atoms with Gasteiger partial charge in [0.1, 0.15) is 6.10 Å². The summed E-state index contributed by atoms with van der Waals surface area (Å²) in [6.07, 6.45) is 10.0. The van der Waals surface area contributed by atoms with E-state index in [4.69, 9.17) is 4.74 Å². The van der Waals surface area contributed by atoms with E-state index in [0.29, 0.717) is 18.4 Å². The second-order valence-corrected chi connectivity index (χ2v) is 6.73. The Balaban J connectivity index is 4.56. The highest BCUT2D eigenvalue weighted by atomic mass is 16.5. The van der Waals surface area contributed by atoms with Gasteiger partial charge in [0, 0.05) is 0 Å². The van der Waals surface area contributed by atoms with Crippen molar-refractivity contribution in [3.05, 3.63) is 0 Å². The van der Waals surface area contributed by atoms with Crippen LogP contribution in [0.3, 0.4) is 0 Å². The Morgan fingerprint density at radius 2 is 1.59 bits per heavy atom. The van der Waals surface area contributed by atoms with Gasteiger partial charge in [-0.1, -0.05) is 73.1 Å². The third kappa shape index (κ3) is 10.2. The second-order valence-electron chi connectivity index (χ2n) is 6.73. The third-order valence-electron chi connectivity index (χ3n) is 4.27. The summed E-state index contributed by atoms with van der Waals surface area (Å²) >= 11 is 0. The zero-order chi connectivity index (χ0) is 16.8. The molecule has 0 bridgehead atoms. The number of carbonyl (C=O) groups is 1. The number of likely N-dealkylation sites (N-methyl/N-ethyl adjacent to an activating group) is 1. The van der Waals surface area contributed by atoms with Gasteiger partial charge in [0.2, 0.25) is 0 Å². The van der Waals surface area contributed by atoms with Gasteiger partial charge in [-0.25, -0.2) is 0 Å². The van der Waals surface area contributed by atoms with Crippen molar-refractivity contribution in [1.82, 2.24) is 5.32 Å². The van der Waals surface area contributed by atoms with Crippen LogP contribution in [0.5, 0.6) is 0 Å². The molecule has 3 heteroatoms. The van der Waals surface area contributed by atoms with Crippen molar-refractivity contribution in [2.75, 3.05) is 13.1 Å². The van der Waals surface area contributed by atoms with E-state index in [2.05, 4.69) is 33.0 Å². The lowest BCUT2D eigenvalue weighted by Crippen LogP contribution is -2.35. The maximum absolute atomic E-state index is 12.0. The predicted octanol–water partition coefficient (Wildman–Crippen LogP) is 4.94. The molecule has 0 rings (SSSR count). The average molecular weight is 314 g/mol. The fourth-order valence-corrected chi connectivity index (χ4v) is 2.97. The Bertz CT molecular complexity index is 266. The predicted molar refractivity (Wildman–Crippen MR) is 95.0 cm³/mol. The van der Waals surface area contributed by atoms with Crippen LogP contribution in [0.1, 0.15) is 86.0 Å². The van der Waals surface area contributed by atoms with Crippen molar-refractivity contribution in [2.24, 2.45) is 11.8 Å². The Hall–Kier alpha value is -0.570. The molecule has 0 aromatic heterocycles. The van der Waals surface area contributed by atoms with E-state index in [-0.39, 0.29) is 12.1 Å². The molecule has 3 nitrogen and oxygen atoms in total. The summed E-state index contributed by atoms with van der Waals surface area (Å²) in [5, 5.41) is 3.06. The molecule has 0 saturated heterocycles. The third-order valence-corrected chi connectivity index (χ3v) is 4.27. The van der Waals surface area contributed by atoms with Crippen LogP contribution in [0.2, 0.25) is 0 Å². The zero-order valence-electron chi connectivity index (χ0n) is 15.6. The Morgan fingerprint density at radius 3 is 2.14 bits per heavy atom. The summed E-state index contributed by atoms with van der Waals surface area (Å²) in [5.74, 6) is 0.802. The molecule has 0 aromatic rings. The SMILES string of the molecule is CCCCCCC(CCCC)C(OC(=O)CNCC)C(C)C. The molecule has 0 aliphatic heterocycles. The molecule has 22 heavy (non-hydrogen) atoms. The fourth-order valence-electron chi connectivity index (χ4n) is 2.97. The van der Waals surface area contributed by atoms with Crippen LogP contribution in [0.4, 0.5) is 0 Å². The highest BCUT2D eigenvalue weighted by Gasteiger charge is 2.27. The van der Waals surface area contributed by atoms with E-state index in [1.165, 1.54) is 51.4 Å². The molecule has 0 heterocycles. The largest absolute Gasteiger partial charge is 0.461 e. The first-order valence-corrected chi connectivity index (χ1v) is 9.46. The van der Waals surface area contributed by atoms with Crippen LogP contribution < -0.4 is 5.32 Å². The first-order valence-electron chi connectivity index (χ1n) is 9.46. The van der Waals surface area contributed by atoms with E-state index >= 15 is 0 Å². The van der Waals surface area contributed by atoms with E-state index in [0.717, 1.165) is 6.54 Å². The van der Waals surface area contributed by atoms with Crippen molar-refractivity contribution in [1.29, 1.82) is 0 Å². The number of nitrogens with one attached hydrogen (secondary N) is 1. The van der Waals surface area contributed by atoms with Crippen LogP contribution in [0.15, 0.2) is 0 Å². The molecule has 0 saturated carbocycles. The van der Waals surface area contributed by atoms with E-state index < -0.39 is 0 Å². The minimum atomic E-state index is -0.101. The normalized spacial score (nSPS) is 14.1. The molecule has 2 unspecified atom stereocenters. The van der Waals surface area contributed by atoms with Gasteiger partial charge in [0.05, 0.1) is 6.54 Å². The maximum Gasteiger partial charge on any atom is 0.320 e. The molecule has 0 spiro atoms. The van der Waals surface area contributed by atoms with Crippen LogP contribution >= 0.6 is 0 Å². The lowest BCUT2D eigenvalue weighted by Gasteiger charge is -2.30. The van der Waals surface area contributed by atoms with Crippen molar-refractivity contribution in [3.8, 4) is 0 Å². The minimum absolute atomic E-state index is 0.0688. The second kappa shape index (κ2) is 14.0. The molecule has 0 aromatic carbocycles. The summed E-state index contributed by atoms with van der Waals surface area (Å²) in [6.45, 7) is 12.0. The number of hydrogen-bond acceptors (Lipinski definition) is 3. The van der Waals surface area contributed by atoms with Crippen molar-refractivity contribution < 1.29 is 9.53 Å². The Kier molecular flexibility index (Phi) is 13.7. The minimum Gasteiger partial charge on any atom is -0.461 e. The Labute approximate surface area is 138 Å². The van der Waals surface area contributed by atoms with Crippen molar-refractivity contribution in [3.63, 3.8) is 0 Å². The van der Waals surface area contributed by atoms with Crippen LogP contribution in [-0.2, 0) is 9.53 Å². The smallest absolute Gasteiger partial charge is 0.320 e. The number of rotatable bonds is 14. The molecule has 2 atom stereocenters. The van der Waals surface area contributed by atoms with Crippen LogP contribution in [0.25, 0.3) is 0 Å². The lowest BCUT2D eigenvalue weighted by molar-refractivity contribution is -0.154. The van der Waals surface area contributed by atoms with Crippen molar-refractivity contribution >= 4 is 5.97 Å². The summed E-state index contributed by atoms with van der Waals surface area (Å²) < 4.78 is 5.83. The van der Waals surface area contributed by atoms with Gasteiger partial charge < -0.3 is 10.1 Å². The lowest BCUT2D eigenvalue weighted by atomic mass is 9.85. The van der Waals surface area contributed by atoms with Gasteiger partial charge in [0.25, 0.3) is 0 Å². The molecule has 0 aliphatic carbocycles. The van der Waals surface area contributed by atoms with Gasteiger partial charge in [-0.15, -0.1) is 0 Å². The zero-order valence-corrected chi connectivity index (χ0v) is 15.6. The summed E-state index contributed by atoms with van der Waals surface area (Å²) in [4.78, 5) is 12.0. The van der Waals surface area contributed by atoms with Gasteiger partial charge in [-0.05, 0) is 31.2 Å². The number of hydrogen-bond donors (Lipinski definition) is 1. The molecular formula is C19H39NO2. The summed E-state index contributed by atoms with van der Waals surface area (Å²) in [5.41, 5.74) is 0. The molecule has 1 N–H and O–H groups in total. The topological polar surface area (TPSA) is 38.3 Å². The van der Waals surface area contributed by atoms with E-state index in [9.17, 15) is 4.79 Å².